The highest BCUT2D eigenvalue weighted by molar-refractivity contribution is 6.27. The Balaban J connectivity index is 0. The maximum Gasteiger partial charge on any atom is 0.414 e. The minimum atomic E-state index is -1.82. The van der Waals surface area contributed by atoms with E-state index in [1.807, 2.05) is 0 Å². The van der Waals surface area contributed by atoms with Gasteiger partial charge in [0.1, 0.15) is 0 Å². The summed E-state index contributed by atoms with van der Waals surface area (Å²) in [5.41, 5.74) is 5.25. The first kappa shape index (κ1) is 14.4. The summed E-state index contributed by atoms with van der Waals surface area (Å²) in [4.78, 5) is 20.3. The van der Waals surface area contributed by atoms with E-state index in [0.29, 0.717) is 0 Å². The SMILES string of the molecule is CN(C)CCCN.O=C(O)C(=O)O. The number of carboxylic acid groups (broad SMARTS) is 2. The Hall–Kier alpha value is -1.14. The fourth-order valence-corrected chi connectivity index (χ4v) is 0.408. The van der Waals surface area contributed by atoms with Crippen molar-refractivity contribution in [2.75, 3.05) is 27.2 Å². The Labute approximate surface area is 76.9 Å². The van der Waals surface area contributed by atoms with Gasteiger partial charge >= 0.3 is 11.9 Å². The lowest BCUT2D eigenvalue weighted by Crippen LogP contribution is -2.16. The van der Waals surface area contributed by atoms with Gasteiger partial charge in [-0.25, -0.2) is 9.59 Å². The molecule has 0 saturated carbocycles. The van der Waals surface area contributed by atoms with Crippen molar-refractivity contribution in [2.45, 2.75) is 6.42 Å². The number of carbonyl (C=O) groups is 2. The van der Waals surface area contributed by atoms with Crippen molar-refractivity contribution < 1.29 is 19.8 Å². The second-order valence-corrected chi connectivity index (χ2v) is 2.56. The molecule has 78 valence electrons. The monoisotopic (exact) mass is 192 g/mol. The van der Waals surface area contributed by atoms with Crippen LogP contribution in [-0.2, 0) is 9.59 Å². The van der Waals surface area contributed by atoms with E-state index in [4.69, 9.17) is 25.5 Å². The number of carboxylic acids is 2. The molecular weight excluding hydrogens is 176 g/mol. The summed E-state index contributed by atoms with van der Waals surface area (Å²) >= 11 is 0. The summed E-state index contributed by atoms with van der Waals surface area (Å²) in [7, 11) is 4.10. The molecule has 0 rings (SSSR count). The first-order valence-corrected chi connectivity index (χ1v) is 3.72. The molecule has 0 amide bonds. The quantitative estimate of drug-likeness (QED) is 0.498. The molecule has 0 aromatic heterocycles. The Kier molecular flexibility index (Phi) is 9.91. The minimum Gasteiger partial charge on any atom is -0.473 e. The second kappa shape index (κ2) is 8.95. The molecule has 0 aliphatic rings. The molecule has 0 atom stereocenters. The molecule has 0 bridgehead atoms. The van der Waals surface area contributed by atoms with E-state index in [9.17, 15) is 0 Å². The number of hydrogen-bond acceptors (Lipinski definition) is 4. The lowest BCUT2D eigenvalue weighted by atomic mass is 10.4. The van der Waals surface area contributed by atoms with Crippen LogP contribution in [0.1, 0.15) is 6.42 Å². The van der Waals surface area contributed by atoms with Crippen molar-refractivity contribution in [3.05, 3.63) is 0 Å². The van der Waals surface area contributed by atoms with Gasteiger partial charge in [-0.15, -0.1) is 0 Å². The van der Waals surface area contributed by atoms with Crippen LogP contribution in [-0.4, -0.2) is 54.2 Å². The summed E-state index contributed by atoms with van der Waals surface area (Å²) in [6, 6.07) is 0. The molecule has 0 aliphatic heterocycles. The Morgan fingerprint density at radius 1 is 1.23 bits per heavy atom. The largest absolute Gasteiger partial charge is 0.473 e. The number of hydrogen-bond donors (Lipinski definition) is 3. The zero-order chi connectivity index (χ0) is 10.9. The van der Waals surface area contributed by atoms with Crippen LogP contribution in [0.25, 0.3) is 0 Å². The molecule has 0 radical (unpaired) electrons. The van der Waals surface area contributed by atoms with E-state index in [1.165, 1.54) is 0 Å². The summed E-state index contributed by atoms with van der Waals surface area (Å²) in [5, 5.41) is 14.8. The van der Waals surface area contributed by atoms with Crippen molar-refractivity contribution in [3.8, 4) is 0 Å². The summed E-state index contributed by atoms with van der Waals surface area (Å²) in [6.45, 7) is 1.91. The van der Waals surface area contributed by atoms with Crippen molar-refractivity contribution in [2.24, 2.45) is 5.73 Å². The Morgan fingerprint density at radius 3 is 1.69 bits per heavy atom. The predicted octanol–water partition coefficient (Wildman–Crippen LogP) is -0.948. The molecule has 6 nitrogen and oxygen atoms in total. The van der Waals surface area contributed by atoms with Gasteiger partial charge in [0.2, 0.25) is 0 Å². The lowest BCUT2D eigenvalue weighted by molar-refractivity contribution is -0.159. The van der Waals surface area contributed by atoms with E-state index in [0.717, 1.165) is 19.5 Å². The number of rotatable bonds is 3. The molecule has 0 saturated heterocycles. The van der Waals surface area contributed by atoms with Gasteiger partial charge < -0.3 is 20.8 Å². The van der Waals surface area contributed by atoms with E-state index in [2.05, 4.69) is 19.0 Å². The first-order valence-electron chi connectivity index (χ1n) is 3.72. The highest BCUT2D eigenvalue weighted by atomic mass is 16.4. The third-order valence-corrected chi connectivity index (χ3v) is 0.992. The fraction of sp³-hybridized carbons (Fsp3) is 0.714. The van der Waals surface area contributed by atoms with Crippen LogP contribution in [0.5, 0.6) is 0 Å². The van der Waals surface area contributed by atoms with Gasteiger partial charge in [0.05, 0.1) is 0 Å². The number of nitrogens with zero attached hydrogens (tertiary/aromatic N) is 1. The highest BCUT2D eigenvalue weighted by Crippen LogP contribution is 1.76. The molecule has 6 heteroatoms. The van der Waals surface area contributed by atoms with Gasteiger partial charge in [-0.3, -0.25) is 0 Å². The van der Waals surface area contributed by atoms with E-state index >= 15 is 0 Å². The van der Waals surface area contributed by atoms with Gasteiger partial charge in [-0.2, -0.15) is 0 Å². The van der Waals surface area contributed by atoms with Crippen LogP contribution >= 0.6 is 0 Å². The van der Waals surface area contributed by atoms with Crippen molar-refractivity contribution in [1.82, 2.24) is 4.90 Å². The number of aliphatic carboxylic acids is 2. The molecule has 0 heterocycles. The van der Waals surface area contributed by atoms with Gasteiger partial charge in [0, 0.05) is 0 Å². The van der Waals surface area contributed by atoms with Crippen molar-refractivity contribution in [1.29, 1.82) is 0 Å². The molecule has 4 N–H and O–H groups in total. The van der Waals surface area contributed by atoms with E-state index in [1.54, 1.807) is 0 Å². The van der Waals surface area contributed by atoms with E-state index < -0.39 is 11.9 Å². The summed E-state index contributed by atoms with van der Waals surface area (Å²) in [5.74, 6) is -3.65. The average molecular weight is 192 g/mol. The topological polar surface area (TPSA) is 104 Å². The summed E-state index contributed by atoms with van der Waals surface area (Å²) < 4.78 is 0. The van der Waals surface area contributed by atoms with Crippen LogP contribution in [0.2, 0.25) is 0 Å². The van der Waals surface area contributed by atoms with Crippen molar-refractivity contribution >= 4 is 11.9 Å². The second-order valence-electron chi connectivity index (χ2n) is 2.56. The lowest BCUT2D eigenvalue weighted by Gasteiger charge is -2.05. The maximum absolute atomic E-state index is 9.10. The van der Waals surface area contributed by atoms with Gasteiger partial charge in [-0.1, -0.05) is 0 Å². The first-order chi connectivity index (χ1) is 5.91. The number of nitrogens with two attached hydrogens (primary N) is 1. The standard InChI is InChI=1S/C5H14N2.C2H2O4/c1-7(2)5-3-4-6;3-1(4)2(5)6/h3-6H2,1-2H3;(H,3,4)(H,5,6). The minimum absolute atomic E-state index is 0.804. The van der Waals surface area contributed by atoms with Crippen LogP contribution in [0.4, 0.5) is 0 Å². The molecule has 0 aliphatic carbocycles. The van der Waals surface area contributed by atoms with Gasteiger partial charge in [0.25, 0.3) is 0 Å². The zero-order valence-corrected chi connectivity index (χ0v) is 7.86. The molecule has 0 spiro atoms. The average Bonchev–Trinajstić information content (AvgIpc) is 2.01. The normalized spacial score (nSPS) is 8.92. The van der Waals surface area contributed by atoms with Crippen LogP contribution in [0, 0.1) is 0 Å². The highest BCUT2D eigenvalue weighted by Gasteiger charge is 2.04. The van der Waals surface area contributed by atoms with Crippen molar-refractivity contribution in [3.63, 3.8) is 0 Å². The Morgan fingerprint density at radius 2 is 1.62 bits per heavy atom. The molecule has 0 aromatic rings. The summed E-state index contributed by atoms with van der Waals surface area (Å²) in [6.07, 6.45) is 1.10. The Bertz CT molecular complexity index is 147. The van der Waals surface area contributed by atoms with Crippen LogP contribution in [0.15, 0.2) is 0 Å². The fourth-order valence-electron chi connectivity index (χ4n) is 0.408. The van der Waals surface area contributed by atoms with Gasteiger partial charge in [-0.05, 0) is 33.6 Å². The smallest absolute Gasteiger partial charge is 0.414 e. The predicted molar refractivity (Wildman–Crippen MR) is 47.5 cm³/mol. The van der Waals surface area contributed by atoms with Crippen LogP contribution in [0.3, 0.4) is 0 Å². The zero-order valence-electron chi connectivity index (χ0n) is 7.86. The van der Waals surface area contributed by atoms with E-state index in [-0.39, 0.29) is 0 Å². The third kappa shape index (κ3) is 18.1. The maximum atomic E-state index is 9.10. The van der Waals surface area contributed by atoms with Gasteiger partial charge in [0.15, 0.2) is 0 Å². The molecule has 0 unspecified atom stereocenters. The molecular formula is C7H16N2O4. The third-order valence-electron chi connectivity index (χ3n) is 0.992. The molecule has 13 heavy (non-hydrogen) atoms. The van der Waals surface area contributed by atoms with Crippen LogP contribution < -0.4 is 5.73 Å². The molecule has 0 fully saturated rings. The molecule has 0 aromatic carbocycles.